The normalized spacial score (nSPS) is 32.1. The second-order valence-corrected chi connectivity index (χ2v) is 2.93. The van der Waals surface area contributed by atoms with E-state index in [1.54, 1.807) is 7.05 Å². The summed E-state index contributed by atoms with van der Waals surface area (Å²) in [4.78, 5) is 23.5. The molecule has 4 heteroatoms. The molecule has 1 heterocycles. The minimum Gasteiger partial charge on any atom is -0.324 e. The van der Waals surface area contributed by atoms with Gasteiger partial charge in [-0.15, -0.1) is 0 Å². The third-order valence-corrected chi connectivity index (χ3v) is 2.30. The number of hydrogen-bond acceptors (Lipinski definition) is 2. The maximum Gasteiger partial charge on any atom is 0.324 e. The summed E-state index contributed by atoms with van der Waals surface area (Å²) in [5, 5.41) is 2.26. The maximum atomic E-state index is 11.0. The van der Waals surface area contributed by atoms with Crippen LogP contribution in [-0.4, -0.2) is 29.9 Å². The van der Waals surface area contributed by atoms with Crippen LogP contribution in [0.4, 0.5) is 4.79 Å². The van der Waals surface area contributed by atoms with Crippen molar-refractivity contribution in [1.82, 2.24) is 10.2 Å². The van der Waals surface area contributed by atoms with E-state index in [1.165, 1.54) is 4.90 Å². The first-order valence-electron chi connectivity index (χ1n) is 3.61. The van der Waals surface area contributed by atoms with Crippen LogP contribution in [0.2, 0.25) is 0 Å². The molecule has 4 nitrogen and oxygen atoms in total. The highest BCUT2D eigenvalue weighted by Crippen LogP contribution is 2.13. The molecular formula is C7H12N2O2. The zero-order valence-electron chi connectivity index (χ0n) is 6.92. The number of hydrogen-bond donors (Lipinski definition) is 1. The summed E-state index contributed by atoms with van der Waals surface area (Å²) in [5.41, 5.74) is 0. The lowest BCUT2D eigenvalue weighted by atomic mass is 10.00. The number of amides is 3. The van der Waals surface area contributed by atoms with Crippen LogP contribution >= 0.6 is 0 Å². The summed E-state index contributed by atoms with van der Waals surface area (Å²) in [5.74, 6) is -0.293. The van der Waals surface area contributed by atoms with Crippen molar-refractivity contribution >= 4 is 11.9 Å². The van der Waals surface area contributed by atoms with Gasteiger partial charge in [0.2, 0.25) is 5.91 Å². The van der Waals surface area contributed by atoms with Gasteiger partial charge in [-0.1, -0.05) is 6.92 Å². The van der Waals surface area contributed by atoms with Crippen molar-refractivity contribution in [2.75, 3.05) is 7.05 Å². The van der Waals surface area contributed by atoms with Gasteiger partial charge in [-0.2, -0.15) is 0 Å². The van der Waals surface area contributed by atoms with Crippen LogP contribution in [0.25, 0.3) is 0 Å². The molecule has 11 heavy (non-hydrogen) atoms. The predicted molar refractivity (Wildman–Crippen MR) is 39.9 cm³/mol. The quantitative estimate of drug-likeness (QED) is 0.544. The van der Waals surface area contributed by atoms with E-state index in [1.807, 2.05) is 13.8 Å². The SMILES string of the molecule is C[C@@H]1C(=O)NC(=O)N(C)[C@H]1C. The summed E-state index contributed by atoms with van der Waals surface area (Å²) >= 11 is 0. The second kappa shape index (κ2) is 2.53. The Labute approximate surface area is 65.6 Å². The largest absolute Gasteiger partial charge is 0.324 e. The van der Waals surface area contributed by atoms with Gasteiger partial charge in [0.15, 0.2) is 0 Å². The smallest absolute Gasteiger partial charge is 0.324 e. The van der Waals surface area contributed by atoms with Gasteiger partial charge in [0.25, 0.3) is 0 Å². The third kappa shape index (κ3) is 1.20. The molecule has 0 unspecified atom stereocenters. The molecule has 0 bridgehead atoms. The van der Waals surface area contributed by atoms with Crippen LogP contribution in [0.15, 0.2) is 0 Å². The Morgan fingerprint density at radius 3 is 2.45 bits per heavy atom. The van der Waals surface area contributed by atoms with Crippen molar-refractivity contribution in [1.29, 1.82) is 0 Å². The summed E-state index contributed by atoms with van der Waals surface area (Å²) in [6.45, 7) is 3.67. The van der Waals surface area contributed by atoms with E-state index in [2.05, 4.69) is 5.32 Å². The zero-order chi connectivity index (χ0) is 8.59. The molecular weight excluding hydrogens is 144 g/mol. The number of urea groups is 1. The van der Waals surface area contributed by atoms with Gasteiger partial charge in [-0.25, -0.2) is 4.79 Å². The zero-order valence-corrected chi connectivity index (χ0v) is 6.92. The van der Waals surface area contributed by atoms with Gasteiger partial charge in [-0.3, -0.25) is 10.1 Å². The molecule has 0 aromatic rings. The summed E-state index contributed by atoms with van der Waals surface area (Å²) < 4.78 is 0. The first-order valence-corrected chi connectivity index (χ1v) is 3.61. The van der Waals surface area contributed by atoms with E-state index < -0.39 is 0 Å². The topological polar surface area (TPSA) is 49.4 Å². The first kappa shape index (κ1) is 8.04. The number of rotatable bonds is 0. The molecule has 1 aliphatic rings. The van der Waals surface area contributed by atoms with E-state index in [0.29, 0.717) is 0 Å². The molecule has 1 saturated heterocycles. The minimum atomic E-state index is -0.305. The predicted octanol–water partition coefficient (Wildman–Crippen LogP) is 0.193. The Morgan fingerprint density at radius 2 is 1.91 bits per heavy atom. The molecule has 1 fully saturated rings. The molecule has 0 aromatic heterocycles. The van der Waals surface area contributed by atoms with E-state index in [0.717, 1.165) is 0 Å². The van der Waals surface area contributed by atoms with Gasteiger partial charge < -0.3 is 4.90 Å². The van der Waals surface area contributed by atoms with Crippen LogP contribution in [-0.2, 0) is 4.79 Å². The Morgan fingerprint density at radius 1 is 1.36 bits per heavy atom. The second-order valence-electron chi connectivity index (χ2n) is 2.93. The molecule has 1 aliphatic heterocycles. The highest BCUT2D eigenvalue weighted by molar-refractivity contribution is 5.98. The number of nitrogens with zero attached hydrogens (tertiary/aromatic N) is 1. The maximum absolute atomic E-state index is 11.0. The number of carbonyl (C=O) groups excluding carboxylic acids is 2. The minimum absolute atomic E-state index is 0.00347. The molecule has 0 aliphatic carbocycles. The molecule has 0 aromatic carbocycles. The average Bonchev–Trinajstić information content (AvgIpc) is 1.97. The van der Waals surface area contributed by atoms with Gasteiger partial charge in [0, 0.05) is 13.1 Å². The van der Waals surface area contributed by atoms with E-state index in [4.69, 9.17) is 0 Å². The van der Waals surface area contributed by atoms with Crippen LogP contribution in [0.1, 0.15) is 13.8 Å². The van der Waals surface area contributed by atoms with Gasteiger partial charge in [0.05, 0.1) is 5.92 Å². The number of imide groups is 1. The van der Waals surface area contributed by atoms with Crippen molar-refractivity contribution in [3.63, 3.8) is 0 Å². The highest BCUT2D eigenvalue weighted by atomic mass is 16.2. The molecule has 1 rings (SSSR count). The monoisotopic (exact) mass is 156 g/mol. The molecule has 1 N–H and O–H groups in total. The first-order chi connectivity index (χ1) is 5.04. The lowest BCUT2D eigenvalue weighted by Crippen LogP contribution is -2.56. The van der Waals surface area contributed by atoms with Crippen molar-refractivity contribution in [3.05, 3.63) is 0 Å². The molecule has 0 saturated carbocycles. The van der Waals surface area contributed by atoms with Gasteiger partial charge in [-0.05, 0) is 6.92 Å². The van der Waals surface area contributed by atoms with Crippen molar-refractivity contribution in [3.8, 4) is 0 Å². The van der Waals surface area contributed by atoms with Crippen molar-refractivity contribution in [2.24, 2.45) is 5.92 Å². The molecule has 3 amide bonds. The molecule has 0 spiro atoms. The fourth-order valence-corrected chi connectivity index (χ4v) is 1.05. The van der Waals surface area contributed by atoms with Crippen molar-refractivity contribution < 1.29 is 9.59 Å². The van der Waals surface area contributed by atoms with E-state index in [9.17, 15) is 9.59 Å². The highest BCUT2D eigenvalue weighted by Gasteiger charge is 2.32. The number of nitrogens with one attached hydrogen (secondary N) is 1. The van der Waals surface area contributed by atoms with E-state index in [-0.39, 0.29) is 23.9 Å². The summed E-state index contributed by atoms with van der Waals surface area (Å²) in [7, 11) is 1.68. The Balaban J connectivity index is 2.78. The molecule has 62 valence electrons. The molecule has 0 radical (unpaired) electrons. The Bertz CT molecular complexity index is 183. The summed E-state index contributed by atoms with van der Waals surface area (Å²) in [6, 6.07) is -0.308. The van der Waals surface area contributed by atoms with Crippen LogP contribution in [0.5, 0.6) is 0 Å². The third-order valence-electron chi connectivity index (χ3n) is 2.30. The summed E-state index contributed by atoms with van der Waals surface area (Å²) in [6.07, 6.45) is 0. The standard InChI is InChI=1S/C7H12N2O2/c1-4-5(2)9(3)7(11)8-6(4)10/h4-5H,1-3H3,(H,8,10,11)/t4-,5-/m0/s1. The Kier molecular flexibility index (Phi) is 1.85. The Hall–Kier alpha value is -1.06. The van der Waals surface area contributed by atoms with E-state index >= 15 is 0 Å². The van der Waals surface area contributed by atoms with Crippen LogP contribution < -0.4 is 5.32 Å². The van der Waals surface area contributed by atoms with Gasteiger partial charge >= 0.3 is 6.03 Å². The average molecular weight is 156 g/mol. The number of carbonyl (C=O) groups is 2. The lowest BCUT2D eigenvalue weighted by molar-refractivity contribution is -0.126. The van der Waals surface area contributed by atoms with Crippen LogP contribution in [0.3, 0.4) is 0 Å². The van der Waals surface area contributed by atoms with Crippen molar-refractivity contribution in [2.45, 2.75) is 19.9 Å². The lowest BCUT2D eigenvalue weighted by Gasteiger charge is -2.33. The fourth-order valence-electron chi connectivity index (χ4n) is 1.05. The van der Waals surface area contributed by atoms with Gasteiger partial charge in [0.1, 0.15) is 0 Å². The fraction of sp³-hybridized carbons (Fsp3) is 0.714. The van der Waals surface area contributed by atoms with Crippen LogP contribution in [0, 0.1) is 5.92 Å². The molecule has 2 atom stereocenters.